The Morgan fingerprint density at radius 2 is 2.17 bits per heavy atom. The van der Waals surface area contributed by atoms with Crippen molar-refractivity contribution in [3.63, 3.8) is 0 Å². The van der Waals surface area contributed by atoms with E-state index in [9.17, 15) is 0 Å². The first kappa shape index (κ1) is 13.6. The molecular weight excluding hydrogens is 224 g/mol. The van der Waals surface area contributed by atoms with E-state index in [4.69, 9.17) is 0 Å². The highest BCUT2D eigenvalue weighted by atomic mass is 15.2. The van der Waals surface area contributed by atoms with Crippen LogP contribution in [0.4, 0.5) is 0 Å². The van der Waals surface area contributed by atoms with Gasteiger partial charge in [0.1, 0.15) is 0 Å². The Labute approximate surface area is 110 Å². The number of aromatic nitrogens is 2. The fraction of sp³-hybridized carbons (Fsp3) is 0.786. The number of nitrogens with one attached hydrogen (secondary N) is 2. The van der Waals surface area contributed by atoms with Crippen LogP contribution in [-0.2, 0) is 19.4 Å². The minimum atomic E-state index is 0.505. The summed E-state index contributed by atoms with van der Waals surface area (Å²) in [6, 6.07) is 0.505. The number of nitrogens with zero attached hydrogens (tertiary/aromatic N) is 2. The summed E-state index contributed by atoms with van der Waals surface area (Å²) in [5.74, 6) is 0. The van der Waals surface area contributed by atoms with Crippen molar-refractivity contribution in [1.82, 2.24) is 20.4 Å². The van der Waals surface area contributed by atoms with Gasteiger partial charge in [-0.2, -0.15) is 5.10 Å². The van der Waals surface area contributed by atoms with Crippen LogP contribution in [0.25, 0.3) is 0 Å². The lowest BCUT2D eigenvalue weighted by Gasteiger charge is -2.20. The van der Waals surface area contributed by atoms with E-state index in [2.05, 4.69) is 41.3 Å². The lowest BCUT2D eigenvalue weighted by Crippen LogP contribution is -2.37. The van der Waals surface area contributed by atoms with Crippen LogP contribution in [0, 0.1) is 0 Å². The summed E-state index contributed by atoms with van der Waals surface area (Å²) in [5.41, 5.74) is 4.08. The Kier molecular flexibility index (Phi) is 4.78. The molecule has 4 nitrogen and oxygen atoms in total. The van der Waals surface area contributed by atoms with Crippen LogP contribution in [0.3, 0.4) is 0 Å². The third-order valence-corrected chi connectivity index (χ3v) is 3.89. The fourth-order valence-electron chi connectivity index (χ4n) is 2.63. The Morgan fingerprint density at radius 3 is 2.94 bits per heavy atom. The second-order valence-corrected chi connectivity index (χ2v) is 5.47. The van der Waals surface area contributed by atoms with Gasteiger partial charge in [-0.15, -0.1) is 0 Å². The summed E-state index contributed by atoms with van der Waals surface area (Å²) in [5, 5.41) is 11.2. The third-order valence-electron chi connectivity index (χ3n) is 3.89. The Bertz CT molecular complexity index is 372. The second kappa shape index (κ2) is 6.34. The van der Waals surface area contributed by atoms with Gasteiger partial charge in [-0.25, -0.2) is 0 Å². The number of hydrogen-bond acceptors (Lipinski definition) is 3. The minimum Gasteiger partial charge on any atom is -0.307 e. The molecule has 0 bridgehead atoms. The summed E-state index contributed by atoms with van der Waals surface area (Å²) >= 11 is 0. The Hall–Kier alpha value is -0.870. The highest BCUT2D eigenvalue weighted by molar-refractivity contribution is 5.27. The largest absolute Gasteiger partial charge is 0.307 e. The number of aromatic amines is 1. The first-order valence-electron chi connectivity index (χ1n) is 7.17. The summed E-state index contributed by atoms with van der Waals surface area (Å²) in [4.78, 5) is 2.33. The topological polar surface area (TPSA) is 44.0 Å². The molecular formula is C14H26N4. The van der Waals surface area contributed by atoms with E-state index in [1.54, 1.807) is 0 Å². The van der Waals surface area contributed by atoms with Crippen LogP contribution in [0.2, 0.25) is 0 Å². The van der Waals surface area contributed by atoms with E-state index < -0.39 is 0 Å². The lowest BCUT2D eigenvalue weighted by molar-refractivity contribution is 0.309. The highest BCUT2D eigenvalue weighted by Gasteiger charge is 2.16. The molecule has 4 heteroatoms. The van der Waals surface area contributed by atoms with Gasteiger partial charge < -0.3 is 10.2 Å². The molecule has 1 aliphatic rings. The predicted octanol–water partition coefficient (Wildman–Crippen LogP) is 1.72. The van der Waals surface area contributed by atoms with Crippen LogP contribution in [-0.4, -0.2) is 41.3 Å². The van der Waals surface area contributed by atoms with Crippen LogP contribution < -0.4 is 5.32 Å². The molecule has 18 heavy (non-hydrogen) atoms. The smallest absolute Gasteiger partial charge is 0.0794 e. The number of hydrogen-bond donors (Lipinski definition) is 2. The average Bonchev–Trinajstić information content (AvgIpc) is 2.79. The van der Waals surface area contributed by atoms with E-state index in [0.717, 1.165) is 19.6 Å². The molecule has 0 fully saturated rings. The molecule has 1 aliphatic carbocycles. The third kappa shape index (κ3) is 3.33. The monoisotopic (exact) mass is 250 g/mol. The number of fused-ring (bicyclic) bond motifs is 1. The molecule has 1 atom stereocenters. The van der Waals surface area contributed by atoms with Crippen molar-refractivity contribution in [1.29, 1.82) is 0 Å². The van der Waals surface area contributed by atoms with Gasteiger partial charge in [0.2, 0.25) is 0 Å². The molecule has 0 aliphatic heterocycles. The van der Waals surface area contributed by atoms with Gasteiger partial charge in [0, 0.05) is 24.8 Å². The molecule has 0 aromatic carbocycles. The molecule has 1 aromatic heterocycles. The van der Waals surface area contributed by atoms with Crippen molar-refractivity contribution in [2.24, 2.45) is 0 Å². The molecule has 0 saturated heterocycles. The predicted molar refractivity (Wildman–Crippen MR) is 74.7 cm³/mol. The summed E-state index contributed by atoms with van der Waals surface area (Å²) in [6.07, 6.45) is 5.00. The normalized spacial score (nSPS) is 16.9. The zero-order valence-electron chi connectivity index (χ0n) is 11.9. The van der Waals surface area contributed by atoms with Crippen molar-refractivity contribution >= 4 is 0 Å². The molecule has 2 N–H and O–H groups in total. The van der Waals surface area contributed by atoms with Gasteiger partial charge in [0.25, 0.3) is 0 Å². The maximum absolute atomic E-state index is 4.47. The van der Waals surface area contributed by atoms with E-state index in [0.29, 0.717) is 6.04 Å². The zero-order valence-corrected chi connectivity index (χ0v) is 11.9. The molecule has 0 saturated carbocycles. The maximum Gasteiger partial charge on any atom is 0.0794 e. The lowest BCUT2D eigenvalue weighted by atomic mass is 9.96. The molecule has 102 valence electrons. The summed E-state index contributed by atoms with van der Waals surface area (Å²) in [6.45, 7) is 7.51. The summed E-state index contributed by atoms with van der Waals surface area (Å²) in [7, 11) is 2.16. The van der Waals surface area contributed by atoms with Gasteiger partial charge in [0.05, 0.1) is 5.69 Å². The molecule has 1 heterocycles. The van der Waals surface area contributed by atoms with Crippen molar-refractivity contribution < 1.29 is 0 Å². The number of likely N-dealkylation sites (N-methyl/N-ethyl adjacent to an activating group) is 1. The van der Waals surface area contributed by atoms with Crippen molar-refractivity contribution in [2.45, 2.75) is 52.1 Å². The average molecular weight is 250 g/mol. The molecule has 0 amide bonds. The Morgan fingerprint density at radius 1 is 1.39 bits per heavy atom. The van der Waals surface area contributed by atoms with Crippen molar-refractivity contribution in [3.8, 4) is 0 Å². The molecule has 1 unspecified atom stereocenters. The molecule has 1 aromatic rings. The molecule has 0 radical (unpaired) electrons. The van der Waals surface area contributed by atoms with Gasteiger partial charge in [-0.3, -0.25) is 5.10 Å². The zero-order chi connectivity index (χ0) is 13.0. The second-order valence-electron chi connectivity index (χ2n) is 5.47. The van der Waals surface area contributed by atoms with Crippen LogP contribution in [0.5, 0.6) is 0 Å². The SMILES string of the molecule is CCN(C)CC(C)NCc1n[nH]c2c1CCCC2. The van der Waals surface area contributed by atoms with Crippen LogP contribution in [0.1, 0.15) is 43.6 Å². The number of H-pyrrole nitrogens is 1. The maximum atomic E-state index is 4.47. The summed E-state index contributed by atoms with van der Waals surface area (Å²) < 4.78 is 0. The molecule has 2 rings (SSSR count). The first-order chi connectivity index (χ1) is 8.70. The van der Waals surface area contributed by atoms with Crippen LogP contribution in [0.15, 0.2) is 0 Å². The van der Waals surface area contributed by atoms with Crippen molar-refractivity contribution in [2.75, 3.05) is 20.1 Å². The van der Waals surface area contributed by atoms with Crippen molar-refractivity contribution in [3.05, 3.63) is 17.0 Å². The van der Waals surface area contributed by atoms with Gasteiger partial charge in [0.15, 0.2) is 0 Å². The number of aryl methyl sites for hydroxylation is 1. The van der Waals surface area contributed by atoms with E-state index in [-0.39, 0.29) is 0 Å². The first-order valence-corrected chi connectivity index (χ1v) is 7.17. The highest BCUT2D eigenvalue weighted by Crippen LogP contribution is 2.21. The van der Waals surface area contributed by atoms with Crippen LogP contribution >= 0.6 is 0 Å². The van der Waals surface area contributed by atoms with E-state index >= 15 is 0 Å². The quantitative estimate of drug-likeness (QED) is 0.808. The minimum absolute atomic E-state index is 0.505. The Balaban J connectivity index is 1.84. The van der Waals surface area contributed by atoms with Gasteiger partial charge >= 0.3 is 0 Å². The number of rotatable bonds is 6. The van der Waals surface area contributed by atoms with E-state index in [1.807, 2.05) is 0 Å². The van der Waals surface area contributed by atoms with Gasteiger partial charge in [-0.05, 0) is 51.8 Å². The van der Waals surface area contributed by atoms with Gasteiger partial charge in [-0.1, -0.05) is 6.92 Å². The molecule has 0 spiro atoms. The van der Waals surface area contributed by atoms with E-state index in [1.165, 1.54) is 42.6 Å². The fourth-order valence-corrected chi connectivity index (χ4v) is 2.63. The standard InChI is InChI=1S/C14H26N4/c1-4-18(3)10-11(2)15-9-14-12-7-5-6-8-13(12)16-17-14/h11,15H,4-10H2,1-3H3,(H,16,17).